The van der Waals surface area contributed by atoms with Crippen LogP contribution in [0.2, 0.25) is 0 Å². The second kappa shape index (κ2) is 4.94. The summed E-state index contributed by atoms with van der Waals surface area (Å²) in [6.45, 7) is 0. The summed E-state index contributed by atoms with van der Waals surface area (Å²) in [7, 11) is 1.65. The topological polar surface area (TPSA) is 44.2 Å². The third-order valence-electron chi connectivity index (χ3n) is 2.78. The first-order valence-electron chi connectivity index (χ1n) is 5.87. The van der Waals surface area contributed by atoms with E-state index in [2.05, 4.69) is 9.97 Å². The largest absolute Gasteiger partial charge is 0.497 e. The number of hydrogen-bond donors (Lipinski definition) is 0. The van der Waals surface area contributed by atoms with Crippen molar-refractivity contribution < 1.29 is 9.47 Å². The van der Waals surface area contributed by atoms with Gasteiger partial charge in [0, 0.05) is 12.4 Å². The minimum absolute atomic E-state index is 0.477. The number of methoxy groups -OCH3 is 1. The van der Waals surface area contributed by atoms with Crippen molar-refractivity contribution in [3.8, 4) is 17.4 Å². The van der Waals surface area contributed by atoms with E-state index in [0.29, 0.717) is 5.88 Å². The third-order valence-corrected chi connectivity index (χ3v) is 2.78. The van der Waals surface area contributed by atoms with Crippen LogP contribution in [-0.2, 0) is 0 Å². The van der Waals surface area contributed by atoms with Crippen LogP contribution in [0.15, 0.2) is 55.0 Å². The lowest BCUT2D eigenvalue weighted by molar-refractivity contribution is 0.415. The lowest BCUT2D eigenvalue weighted by Crippen LogP contribution is -1.88. The van der Waals surface area contributed by atoms with Crippen LogP contribution >= 0.6 is 0 Å². The number of rotatable bonds is 3. The fraction of sp³-hybridized carbons (Fsp3) is 0.0667. The van der Waals surface area contributed by atoms with Crippen molar-refractivity contribution in [2.45, 2.75) is 0 Å². The van der Waals surface area contributed by atoms with E-state index in [4.69, 9.17) is 9.47 Å². The molecule has 0 aliphatic rings. The summed E-state index contributed by atoms with van der Waals surface area (Å²) in [4.78, 5) is 8.04. The minimum atomic E-state index is 0.477. The molecule has 94 valence electrons. The maximum Gasteiger partial charge on any atom is 0.237 e. The summed E-state index contributed by atoms with van der Waals surface area (Å²) >= 11 is 0. The summed E-state index contributed by atoms with van der Waals surface area (Å²) in [5.74, 6) is 2.02. The Hall–Kier alpha value is -2.62. The molecule has 1 heterocycles. The maximum absolute atomic E-state index is 5.65. The molecule has 0 aliphatic heterocycles. The summed E-state index contributed by atoms with van der Waals surface area (Å²) < 4.78 is 10.9. The van der Waals surface area contributed by atoms with Crippen LogP contribution in [0.5, 0.6) is 17.4 Å². The van der Waals surface area contributed by atoms with E-state index in [1.54, 1.807) is 25.7 Å². The normalized spacial score (nSPS) is 10.4. The molecule has 0 atom stereocenters. The highest BCUT2D eigenvalue weighted by atomic mass is 16.5. The van der Waals surface area contributed by atoms with Gasteiger partial charge in [0.25, 0.3) is 0 Å². The molecule has 0 aliphatic carbocycles. The molecule has 4 heteroatoms. The SMILES string of the molecule is COc1ccc2ccc(Oc3cnccn3)cc2c1. The van der Waals surface area contributed by atoms with E-state index in [9.17, 15) is 0 Å². The van der Waals surface area contributed by atoms with Gasteiger partial charge in [-0.2, -0.15) is 0 Å². The van der Waals surface area contributed by atoms with Crippen LogP contribution in [0, 0.1) is 0 Å². The molecule has 0 N–H and O–H groups in total. The lowest BCUT2D eigenvalue weighted by Gasteiger charge is -2.06. The van der Waals surface area contributed by atoms with Crippen molar-refractivity contribution in [3.63, 3.8) is 0 Å². The van der Waals surface area contributed by atoms with Crippen LogP contribution in [0.25, 0.3) is 10.8 Å². The standard InChI is InChI=1S/C15H12N2O2/c1-18-13-4-2-11-3-5-14(9-12(11)8-13)19-15-10-16-6-7-17-15/h2-10H,1H3. The van der Waals surface area contributed by atoms with Gasteiger partial charge < -0.3 is 9.47 Å². The number of ether oxygens (including phenoxy) is 2. The molecule has 2 aromatic carbocycles. The van der Waals surface area contributed by atoms with Crippen molar-refractivity contribution in [3.05, 3.63) is 55.0 Å². The van der Waals surface area contributed by atoms with E-state index < -0.39 is 0 Å². The Kier molecular flexibility index (Phi) is 2.98. The fourth-order valence-corrected chi connectivity index (χ4v) is 1.85. The Bertz CT molecular complexity index is 699. The smallest absolute Gasteiger partial charge is 0.237 e. The van der Waals surface area contributed by atoms with E-state index in [1.165, 1.54) is 0 Å². The molecule has 0 fully saturated rings. The van der Waals surface area contributed by atoms with E-state index in [-0.39, 0.29) is 0 Å². The van der Waals surface area contributed by atoms with Gasteiger partial charge in [-0.1, -0.05) is 12.1 Å². The van der Waals surface area contributed by atoms with Crippen molar-refractivity contribution in [2.24, 2.45) is 0 Å². The Morgan fingerprint density at radius 2 is 1.68 bits per heavy atom. The summed E-state index contributed by atoms with van der Waals surface area (Å²) in [6, 6.07) is 11.8. The van der Waals surface area contributed by atoms with E-state index in [1.807, 2.05) is 36.4 Å². The molecule has 0 radical (unpaired) electrons. The Balaban J connectivity index is 1.96. The molecule has 19 heavy (non-hydrogen) atoms. The van der Waals surface area contributed by atoms with Crippen molar-refractivity contribution in [1.82, 2.24) is 9.97 Å². The molecule has 0 amide bonds. The second-order valence-electron chi connectivity index (χ2n) is 4.02. The maximum atomic E-state index is 5.65. The van der Waals surface area contributed by atoms with Crippen LogP contribution in [-0.4, -0.2) is 17.1 Å². The van der Waals surface area contributed by atoms with Crippen LogP contribution in [0.1, 0.15) is 0 Å². The molecule has 0 saturated carbocycles. The summed E-state index contributed by atoms with van der Waals surface area (Å²) in [6.07, 6.45) is 4.79. The monoisotopic (exact) mass is 252 g/mol. The number of benzene rings is 2. The van der Waals surface area contributed by atoms with Gasteiger partial charge in [0.05, 0.1) is 13.3 Å². The summed E-state index contributed by atoms with van der Waals surface area (Å²) in [5, 5.41) is 2.19. The molecule has 4 nitrogen and oxygen atoms in total. The number of aromatic nitrogens is 2. The van der Waals surface area contributed by atoms with Crippen molar-refractivity contribution >= 4 is 10.8 Å². The quantitative estimate of drug-likeness (QED) is 0.716. The zero-order chi connectivity index (χ0) is 13.1. The highest BCUT2D eigenvalue weighted by molar-refractivity contribution is 5.85. The van der Waals surface area contributed by atoms with Gasteiger partial charge in [-0.3, -0.25) is 4.98 Å². The van der Waals surface area contributed by atoms with Gasteiger partial charge in [0.1, 0.15) is 11.5 Å². The van der Waals surface area contributed by atoms with Crippen LogP contribution in [0.3, 0.4) is 0 Å². The first-order valence-corrected chi connectivity index (χ1v) is 5.87. The highest BCUT2D eigenvalue weighted by Crippen LogP contribution is 2.26. The molecule has 0 saturated heterocycles. The molecular formula is C15H12N2O2. The number of hydrogen-bond acceptors (Lipinski definition) is 4. The lowest BCUT2D eigenvalue weighted by atomic mass is 10.1. The Morgan fingerprint density at radius 1 is 0.895 bits per heavy atom. The minimum Gasteiger partial charge on any atom is -0.497 e. The van der Waals surface area contributed by atoms with Gasteiger partial charge in [-0.05, 0) is 35.0 Å². The first kappa shape index (κ1) is 11.5. The van der Waals surface area contributed by atoms with Crippen molar-refractivity contribution in [1.29, 1.82) is 0 Å². The zero-order valence-electron chi connectivity index (χ0n) is 10.4. The average molecular weight is 252 g/mol. The Labute approximate surface area is 110 Å². The molecule has 0 spiro atoms. The van der Waals surface area contributed by atoms with Crippen LogP contribution in [0.4, 0.5) is 0 Å². The molecule has 3 aromatic rings. The first-order chi connectivity index (χ1) is 9.35. The second-order valence-corrected chi connectivity index (χ2v) is 4.02. The van der Waals surface area contributed by atoms with E-state index >= 15 is 0 Å². The van der Waals surface area contributed by atoms with Gasteiger partial charge in [-0.15, -0.1) is 0 Å². The zero-order valence-corrected chi connectivity index (χ0v) is 10.4. The predicted molar refractivity (Wildman–Crippen MR) is 72.6 cm³/mol. The Morgan fingerprint density at radius 3 is 2.42 bits per heavy atom. The van der Waals surface area contributed by atoms with Gasteiger partial charge in [0.2, 0.25) is 5.88 Å². The fourth-order valence-electron chi connectivity index (χ4n) is 1.85. The highest BCUT2D eigenvalue weighted by Gasteiger charge is 2.01. The summed E-state index contributed by atoms with van der Waals surface area (Å²) in [5.41, 5.74) is 0. The van der Waals surface area contributed by atoms with Crippen LogP contribution < -0.4 is 9.47 Å². The number of fused-ring (bicyclic) bond motifs is 1. The number of nitrogens with zero attached hydrogens (tertiary/aromatic N) is 2. The molecular weight excluding hydrogens is 240 g/mol. The van der Waals surface area contributed by atoms with E-state index in [0.717, 1.165) is 22.3 Å². The molecule has 1 aromatic heterocycles. The predicted octanol–water partition coefficient (Wildman–Crippen LogP) is 3.43. The average Bonchev–Trinajstić information content (AvgIpc) is 2.47. The molecule has 0 unspecified atom stereocenters. The van der Waals surface area contributed by atoms with Gasteiger partial charge in [0.15, 0.2) is 0 Å². The molecule has 3 rings (SSSR count). The van der Waals surface area contributed by atoms with Gasteiger partial charge >= 0.3 is 0 Å². The third kappa shape index (κ3) is 2.47. The van der Waals surface area contributed by atoms with Gasteiger partial charge in [-0.25, -0.2) is 4.98 Å². The van der Waals surface area contributed by atoms with Crippen molar-refractivity contribution in [2.75, 3.05) is 7.11 Å². The molecule has 0 bridgehead atoms.